The monoisotopic (exact) mass is 434 g/mol. The van der Waals surface area contributed by atoms with Crippen LogP contribution in [0.15, 0.2) is 33.3 Å². The van der Waals surface area contributed by atoms with Gasteiger partial charge in [0.05, 0.1) is 0 Å². The van der Waals surface area contributed by atoms with Crippen molar-refractivity contribution in [3.8, 4) is 11.4 Å². The van der Waals surface area contributed by atoms with Crippen molar-refractivity contribution >= 4 is 15.9 Å². The molecule has 0 saturated carbocycles. The van der Waals surface area contributed by atoms with E-state index in [1.165, 1.54) is 77.0 Å². The minimum absolute atomic E-state index is 0.687. The van der Waals surface area contributed by atoms with Gasteiger partial charge in [-0.15, -0.1) is 0 Å². The van der Waals surface area contributed by atoms with E-state index in [0.29, 0.717) is 5.82 Å². The number of unbranched alkanes of at least 4 members (excludes halogenated alkanes) is 12. The van der Waals surface area contributed by atoms with Crippen LogP contribution in [0.5, 0.6) is 0 Å². The Bertz CT molecular complexity index is 609. The minimum Gasteiger partial charge on any atom is -0.339 e. The lowest BCUT2D eigenvalue weighted by molar-refractivity contribution is 0.373. The highest BCUT2D eigenvalue weighted by molar-refractivity contribution is 9.10. The summed E-state index contributed by atoms with van der Waals surface area (Å²) in [4.78, 5) is 4.51. The average molecular weight is 435 g/mol. The molecule has 0 radical (unpaired) electrons. The number of hydrogen-bond acceptors (Lipinski definition) is 3. The first-order valence-corrected chi connectivity index (χ1v) is 11.7. The van der Waals surface area contributed by atoms with Crippen LogP contribution in [0.3, 0.4) is 0 Å². The number of aromatic nitrogens is 2. The van der Waals surface area contributed by atoms with Crippen LogP contribution in [0.25, 0.3) is 11.4 Å². The highest BCUT2D eigenvalue weighted by atomic mass is 79.9. The topological polar surface area (TPSA) is 38.9 Å². The van der Waals surface area contributed by atoms with Gasteiger partial charge in [0, 0.05) is 16.5 Å². The molecule has 27 heavy (non-hydrogen) atoms. The summed E-state index contributed by atoms with van der Waals surface area (Å²) in [5.74, 6) is 1.45. The second kappa shape index (κ2) is 13.9. The quantitative estimate of drug-likeness (QED) is 0.265. The summed E-state index contributed by atoms with van der Waals surface area (Å²) in [6.45, 7) is 2.28. The maximum Gasteiger partial charge on any atom is 0.226 e. The summed E-state index contributed by atoms with van der Waals surface area (Å²) in [6.07, 6.45) is 18.7. The van der Waals surface area contributed by atoms with Gasteiger partial charge in [0.25, 0.3) is 0 Å². The van der Waals surface area contributed by atoms with Crippen LogP contribution in [0.2, 0.25) is 0 Å². The number of rotatable bonds is 15. The molecular weight excluding hydrogens is 400 g/mol. The highest BCUT2D eigenvalue weighted by Gasteiger charge is 2.08. The van der Waals surface area contributed by atoms with Crippen LogP contribution in [0.4, 0.5) is 0 Å². The molecule has 0 N–H and O–H groups in total. The van der Waals surface area contributed by atoms with Crippen LogP contribution in [0.1, 0.15) is 96.3 Å². The van der Waals surface area contributed by atoms with Gasteiger partial charge < -0.3 is 4.52 Å². The molecule has 0 spiro atoms. The Labute approximate surface area is 173 Å². The maximum atomic E-state index is 5.38. The lowest BCUT2D eigenvalue weighted by atomic mass is 10.0. The molecule has 0 fully saturated rings. The van der Waals surface area contributed by atoms with Crippen LogP contribution in [-0.2, 0) is 6.42 Å². The molecule has 1 aromatic carbocycles. The van der Waals surface area contributed by atoms with Gasteiger partial charge in [-0.3, -0.25) is 0 Å². The maximum absolute atomic E-state index is 5.38. The van der Waals surface area contributed by atoms with Gasteiger partial charge in [-0.05, 0) is 30.7 Å². The summed E-state index contributed by atoms with van der Waals surface area (Å²) in [6, 6.07) is 8.00. The Kier molecular flexibility index (Phi) is 11.4. The second-order valence-electron chi connectivity index (χ2n) is 7.51. The number of halogens is 1. The fourth-order valence-electron chi connectivity index (χ4n) is 3.37. The smallest absolute Gasteiger partial charge is 0.226 e. The average Bonchev–Trinajstić information content (AvgIpc) is 3.15. The molecule has 1 aromatic heterocycles. The fourth-order valence-corrected chi connectivity index (χ4v) is 3.63. The molecule has 0 atom stereocenters. The first-order chi connectivity index (χ1) is 13.3. The largest absolute Gasteiger partial charge is 0.339 e. The zero-order chi connectivity index (χ0) is 19.2. The number of benzene rings is 1. The fraction of sp³-hybridized carbons (Fsp3) is 0.652. The Hall–Kier alpha value is -1.16. The Morgan fingerprint density at radius 2 is 1.26 bits per heavy atom. The van der Waals surface area contributed by atoms with Crippen molar-refractivity contribution in [2.45, 2.75) is 96.8 Å². The molecule has 0 aliphatic carbocycles. The summed E-state index contributed by atoms with van der Waals surface area (Å²) in [7, 11) is 0. The number of nitrogens with zero attached hydrogens (tertiary/aromatic N) is 2. The van der Waals surface area contributed by atoms with Crippen LogP contribution in [0, 0.1) is 0 Å². The van der Waals surface area contributed by atoms with E-state index >= 15 is 0 Å². The summed E-state index contributed by atoms with van der Waals surface area (Å²) in [5.41, 5.74) is 0.999. The van der Waals surface area contributed by atoms with Crippen molar-refractivity contribution in [1.29, 1.82) is 0 Å². The number of hydrogen-bond donors (Lipinski definition) is 0. The molecule has 150 valence electrons. The molecule has 0 saturated heterocycles. The molecule has 0 aliphatic rings. The van der Waals surface area contributed by atoms with Gasteiger partial charge in [0.2, 0.25) is 11.7 Å². The molecule has 1 heterocycles. The van der Waals surface area contributed by atoms with Crippen molar-refractivity contribution in [3.05, 3.63) is 34.6 Å². The molecule has 0 amide bonds. The van der Waals surface area contributed by atoms with Crippen molar-refractivity contribution in [2.75, 3.05) is 0 Å². The molecular formula is C23H35BrN2O. The van der Waals surface area contributed by atoms with E-state index in [-0.39, 0.29) is 0 Å². The molecule has 3 nitrogen and oxygen atoms in total. The third-order valence-corrected chi connectivity index (χ3v) is 5.59. The van der Waals surface area contributed by atoms with Crippen molar-refractivity contribution in [1.82, 2.24) is 10.1 Å². The lowest BCUT2D eigenvalue weighted by Gasteiger charge is -2.02. The molecule has 2 rings (SSSR count). The first kappa shape index (κ1) is 22.1. The van der Waals surface area contributed by atoms with Gasteiger partial charge in [-0.2, -0.15) is 4.98 Å². The summed E-state index contributed by atoms with van der Waals surface area (Å²) >= 11 is 3.44. The zero-order valence-electron chi connectivity index (χ0n) is 16.9. The normalized spacial score (nSPS) is 11.2. The predicted octanol–water partition coefficient (Wildman–Crippen LogP) is 8.13. The molecule has 0 bridgehead atoms. The lowest BCUT2D eigenvalue weighted by Crippen LogP contribution is -1.87. The van der Waals surface area contributed by atoms with E-state index in [4.69, 9.17) is 4.52 Å². The second-order valence-corrected chi connectivity index (χ2v) is 8.43. The molecule has 0 aliphatic heterocycles. The van der Waals surface area contributed by atoms with Crippen LogP contribution in [-0.4, -0.2) is 10.1 Å². The Morgan fingerprint density at radius 1 is 0.741 bits per heavy atom. The predicted molar refractivity (Wildman–Crippen MR) is 117 cm³/mol. The first-order valence-electron chi connectivity index (χ1n) is 10.9. The summed E-state index contributed by atoms with van der Waals surface area (Å²) in [5, 5.41) is 4.09. The molecule has 2 aromatic rings. The van der Waals surface area contributed by atoms with Crippen molar-refractivity contribution in [3.63, 3.8) is 0 Å². The Balaban J connectivity index is 1.45. The van der Waals surface area contributed by atoms with Crippen LogP contribution >= 0.6 is 15.9 Å². The highest BCUT2D eigenvalue weighted by Crippen LogP contribution is 2.20. The van der Waals surface area contributed by atoms with E-state index < -0.39 is 0 Å². The van der Waals surface area contributed by atoms with E-state index in [1.807, 2.05) is 24.3 Å². The molecule has 0 unspecified atom stereocenters. The third-order valence-electron chi connectivity index (χ3n) is 5.06. The van der Waals surface area contributed by atoms with E-state index in [9.17, 15) is 0 Å². The van der Waals surface area contributed by atoms with Gasteiger partial charge in [-0.1, -0.05) is 105 Å². The van der Waals surface area contributed by atoms with E-state index in [0.717, 1.165) is 28.8 Å². The Morgan fingerprint density at radius 3 is 1.81 bits per heavy atom. The standard InChI is InChI=1S/C23H35BrN2O/c1-2-3-4-5-6-7-8-9-10-11-12-13-14-15-22-25-23(26-27-22)20-16-18-21(24)19-17-20/h16-19H,2-15H2,1H3. The zero-order valence-corrected chi connectivity index (χ0v) is 18.5. The van der Waals surface area contributed by atoms with Crippen molar-refractivity contribution < 1.29 is 4.52 Å². The van der Waals surface area contributed by atoms with Crippen molar-refractivity contribution in [2.24, 2.45) is 0 Å². The van der Waals surface area contributed by atoms with Gasteiger partial charge in [-0.25, -0.2) is 0 Å². The third kappa shape index (κ3) is 9.55. The minimum atomic E-state index is 0.687. The molecule has 4 heteroatoms. The van der Waals surface area contributed by atoms with E-state index in [1.54, 1.807) is 0 Å². The van der Waals surface area contributed by atoms with Gasteiger partial charge >= 0.3 is 0 Å². The van der Waals surface area contributed by atoms with E-state index in [2.05, 4.69) is 33.0 Å². The van der Waals surface area contributed by atoms with Crippen LogP contribution < -0.4 is 0 Å². The number of aryl methyl sites for hydroxylation is 1. The van der Waals surface area contributed by atoms with Gasteiger partial charge in [0.1, 0.15) is 0 Å². The SMILES string of the molecule is CCCCCCCCCCCCCCCc1nc(-c2ccc(Br)cc2)no1. The van der Waals surface area contributed by atoms with Gasteiger partial charge in [0.15, 0.2) is 0 Å². The summed E-state index contributed by atoms with van der Waals surface area (Å²) < 4.78 is 6.44.